The van der Waals surface area contributed by atoms with Crippen molar-refractivity contribution in [2.45, 2.75) is 44.0 Å². The van der Waals surface area contributed by atoms with Gasteiger partial charge >= 0.3 is 5.97 Å². The largest absolute Gasteiger partial charge is 0.464 e. The van der Waals surface area contributed by atoms with Crippen LogP contribution < -0.4 is 0 Å². The molecule has 9 nitrogen and oxygen atoms in total. The number of benzene rings is 1. The second-order valence-electron chi connectivity index (χ2n) is 5.52. The lowest BCUT2D eigenvalue weighted by molar-refractivity contribution is -0.232. The topological polar surface area (TPSA) is 134 Å². The van der Waals surface area contributed by atoms with Crippen molar-refractivity contribution in [3.05, 3.63) is 46.3 Å². The van der Waals surface area contributed by atoms with Gasteiger partial charge in [0.1, 0.15) is 0 Å². The lowest BCUT2D eigenvalue weighted by Gasteiger charge is -2.36. The van der Waals surface area contributed by atoms with Gasteiger partial charge in [0.2, 0.25) is 0 Å². The van der Waals surface area contributed by atoms with Crippen LogP contribution in [0.15, 0.2) is 35.4 Å². The third kappa shape index (κ3) is 5.15. The van der Waals surface area contributed by atoms with E-state index in [2.05, 4.69) is 14.8 Å². The van der Waals surface area contributed by atoms with Gasteiger partial charge in [-0.05, 0) is 12.5 Å². The van der Waals surface area contributed by atoms with Crippen LogP contribution in [0.4, 0.5) is 0 Å². The Kier molecular flexibility index (Phi) is 7.17. The van der Waals surface area contributed by atoms with Crippen LogP contribution in [-0.2, 0) is 19.0 Å². The molecule has 1 aliphatic rings. The van der Waals surface area contributed by atoms with Crippen molar-refractivity contribution >= 4 is 5.97 Å². The molecule has 1 unspecified atom stereocenters. The fourth-order valence-electron chi connectivity index (χ4n) is 2.51. The number of ether oxygens (including phenoxy) is 3. The van der Waals surface area contributed by atoms with Crippen molar-refractivity contribution in [1.29, 1.82) is 0 Å². The predicted molar refractivity (Wildman–Crippen MR) is 86.2 cm³/mol. The van der Waals surface area contributed by atoms with E-state index < -0.39 is 36.6 Å². The maximum absolute atomic E-state index is 11.5. The Hall–Kier alpha value is -2.16. The first kappa shape index (κ1) is 19.2. The first-order chi connectivity index (χ1) is 12.1. The normalized spacial score (nSPS) is 25.5. The van der Waals surface area contributed by atoms with Crippen LogP contribution in [0.3, 0.4) is 0 Å². The number of carbonyl (C=O) groups excluding carboxylic acids is 1. The van der Waals surface area contributed by atoms with Gasteiger partial charge in [0.15, 0.2) is 12.4 Å². The fraction of sp³-hybridized carbons (Fsp3) is 0.562. The third-order valence-corrected chi connectivity index (χ3v) is 3.78. The molecular weight excluding hydrogens is 330 g/mol. The predicted octanol–water partition coefficient (Wildman–Crippen LogP) is 1.45. The molecule has 1 aliphatic heterocycles. The Labute approximate surface area is 144 Å². The van der Waals surface area contributed by atoms with E-state index in [0.29, 0.717) is 0 Å². The maximum Gasteiger partial charge on any atom is 0.337 e. The molecule has 0 radical (unpaired) electrons. The second kappa shape index (κ2) is 9.36. The molecule has 1 heterocycles. The van der Waals surface area contributed by atoms with E-state index in [9.17, 15) is 15.0 Å². The second-order valence-corrected chi connectivity index (χ2v) is 5.52. The smallest absolute Gasteiger partial charge is 0.337 e. The Morgan fingerprint density at radius 2 is 2.16 bits per heavy atom. The summed E-state index contributed by atoms with van der Waals surface area (Å²) in [4.78, 5) is 14.3. The summed E-state index contributed by atoms with van der Waals surface area (Å²) < 4.78 is 16.0. The Morgan fingerprint density at radius 1 is 1.44 bits per heavy atom. The first-order valence-corrected chi connectivity index (χ1v) is 7.95. The van der Waals surface area contributed by atoms with Crippen LogP contribution in [0.1, 0.15) is 25.2 Å². The average molecular weight is 351 g/mol. The molecule has 0 bridgehead atoms. The van der Waals surface area contributed by atoms with E-state index >= 15 is 0 Å². The Balaban J connectivity index is 2.07. The first-order valence-electron chi connectivity index (χ1n) is 7.95. The molecule has 0 aliphatic carbocycles. The lowest BCUT2D eigenvalue weighted by Crippen LogP contribution is -2.45. The lowest BCUT2D eigenvalue weighted by atomic mass is 10.0. The molecule has 5 atom stereocenters. The molecule has 1 aromatic rings. The number of carbonyl (C=O) groups is 1. The molecule has 0 aromatic heterocycles. The van der Waals surface area contributed by atoms with Crippen LogP contribution in [0.25, 0.3) is 10.4 Å². The Bertz CT molecular complexity index is 607. The van der Waals surface area contributed by atoms with E-state index in [-0.39, 0.29) is 19.6 Å². The molecule has 2 N–H and O–H groups in total. The van der Waals surface area contributed by atoms with Gasteiger partial charge in [0.25, 0.3) is 0 Å². The highest BCUT2D eigenvalue weighted by Crippen LogP contribution is 2.30. The number of hydrogen-bond donors (Lipinski definition) is 2. The van der Waals surface area contributed by atoms with Crippen molar-refractivity contribution < 1.29 is 29.2 Å². The average Bonchev–Trinajstić information content (AvgIpc) is 2.63. The molecule has 9 heteroatoms. The molecule has 2 rings (SSSR count). The van der Waals surface area contributed by atoms with Crippen molar-refractivity contribution in [3.8, 4) is 0 Å². The van der Waals surface area contributed by atoms with Crippen molar-refractivity contribution in [2.75, 3.05) is 13.2 Å². The maximum atomic E-state index is 11.5. The molecule has 25 heavy (non-hydrogen) atoms. The molecule has 1 aromatic carbocycles. The summed E-state index contributed by atoms with van der Waals surface area (Å²) in [5, 5.41) is 23.5. The van der Waals surface area contributed by atoms with Crippen molar-refractivity contribution in [2.24, 2.45) is 5.11 Å². The van der Waals surface area contributed by atoms with Gasteiger partial charge in [-0.3, -0.25) is 0 Å². The van der Waals surface area contributed by atoms with Gasteiger partial charge < -0.3 is 24.4 Å². The highest BCUT2D eigenvalue weighted by molar-refractivity contribution is 5.75. The SMILES string of the molecule is CCOC(=O)[C@H](O)[C@@H](O)C[C@@H]1OC(c2ccccc2)OC[C@@H]1N=[N+]=[N-]. The number of aliphatic hydroxyl groups is 2. The van der Waals surface area contributed by atoms with Crippen LogP contribution in [0.5, 0.6) is 0 Å². The quantitative estimate of drug-likeness (QED) is 0.330. The summed E-state index contributed by atoms with van der Waals surface area (Å²) in [6.07, 6.45) is -4.66. The van der Waals surface area contributed by atoms with E-state index in [1.807, 2.05) is 30.3 Å². The number of azide groups is 1. The van der Waals surface area contributed by atoms with E-state index in [1.165, 1.54) is 0 Å². The Morgan fingerprint density at radius 3 is 2.80 bits per heavy atom. The van der Waals surface area contributed by atoms with Crippen LogP contribution in [-0.4, -0.2) is 53.7 Å². The van der Waals surface area contributed by atoms with Crippen molar-refractivity contribution in [3.63, 3.8) is 0 Å². The molecule has 0 amide bonds. The summed E-state index contributed by atoms with van der Waals surface area (Å²) in [7, 11) is 0. The third-order valence-electron chi connectivity index (χ3n) is 3.78. The number of hydrogen-bond acceptors (Lipinski definition) is 7. The van der Waals surface area contributed by atoms with Crippen LogP contribution in [0, 0.1) is 0 Å². The highest BCUT2D eigenvalue weighted by Gasteiger charge is 2.36. The van der Waals surface area contributed by atoms with E-state index in [4.69, 9.17) is 15.0 Å². The van der Waals surface area contributed by atoms with Gasteiger partial charge in [-0.25, -0.2) is 4.79 Å². The minimum atomic E-state index is -1.70. The van der Waals surface area contributed by atoms with E-state index in [0.717, 1.165) is 5.56 Å². The summed E-state index contributed by atoms with van der Waals surface area (Å²) >= 11 is 0. The van der Waals surface area contributed by atoms with Crippen LogP contribution in [0.2, 0.25) is 0 Å². The zero-order valence-electron chi connectivity index (χ0n) is 13.8. The summed E-state index contributed by atoms with van der Waals surface area (Å²) in [6.45, 7) is 1.78. The standard InChI is InChI=1S/C16H21N3O6/c1-2-23-15(22)14(21)12(20)8-13-11(18-19-17)9-24-16(25-13)10-6-4-3-5-7-10/h3-7,11-14,16,20-21H,2,8-9H2,1H3/t11-,12-,13-,14+,16?/m0/s1. The molecule has 1 fully saturated rings. The van der Waals surface area contributed by atoms with Gasteiger partial charge in [-0.1, -0.05) is 35.4 Å². The van der Waals surface area contributed by atoms with Crippen molar-refractivity contribution in [1.82, 2.24) is 0 Å². The summed E-state index contributed by atoms with van der Waals surface area (Å²) in [6, 6.07) is 8.46. The molecule has 0 saturated carbocycles. The number of rotatable bonds is 7. The number of nitrogens with zero attached hydrogens (tertiary/aromatic N) is 3. The monoisotopic (exact) mass is 351 g/mol. The molecular formula is C16H21N3O6. The fourth-order valence-corrected chi connectivity index (χ4v) is 2.51. The van der Waals surface area contributed by atoms with Gasteiger partial charge in [-0.15, -0.1) is 0 Å². The molecule has 136 valence electrons. The molecule has 1 saturated heterocycles. The van der Waals surface area contributed by atoms with Crippen LogP contribution >= 0.6 is 0 Å². The zero-order valence-corrected chi connectivity index (χ0v) is 13.8. The molecule has 0 spiro atoms. The van der Waals surface area contributed by atoms with Gasteiger partial charge in [0, 0.05) is 16.9 Å². The zero-order chi connectivity index (χ0) is 18.2. The number of esters is 1. The van der Waals surface area contributed by atoms with Gasteiger partial charge in [0.05, 0.1) is 31.5 Å². The highest BCUT2D eigenvalue weighted by atomic mass is 16.7. The number of aliphatic hydroxyl groups excluding tert-OH is 2. The summed E-state index contributed by atoms with van der Waals surface area (Å²) in [5.41, 5.74) is 9.45. The van der Waals surface area contributed by atoms with Gasteiger partial charge in [-0.2, -0.15) is 0 Å². The summed E-state index contributed by atoms with van der Waals surface area (Å²) in [5.74, 6) is -0.915. The minimum absolute atomic E-state index is 0.0911. The minimum Gasteiger partial charge on any atom is -0.464 e. The van der Waals surface area contributed by atoms with E-state index in [1.54, 1.807) is 6.92 Å².